The number of anilines is 1. The summed E-state index contributed by atoms with van der Waals surface area (Å²) < 4.78 is 0. The van der Waals surface area contributed by atoms with E-state index < -0.39 is 0 Å². The van der Waals surface area contributed by atoms with E-state index in [-0.39, 0.29) is 11.5 Å². The van der Waals surface area contributed by atoms with Gasteiger partial charge in [0.2, 0.25) is 5.91 Å². The number of nitrogens with zero attached hydrogens (tertiary/aromatic N) is 2. The molecule has 29 heavy (non-hydrogen) atoms. The first-order valence-corrected chi connectivity index (χ1v) is 11.6. The van der Waals surface area contributed by atoms with Crippen LogP contribution in [-0.2, 0) is 29.9 Å². The van der Waals surface area contributed by atoms with Crippen LogP contribution in [0.25, 0.3) is 10.2 Å². The Morgan fingerprint density at radius 3 is 3.03 bits per heavy atom. The van der Waals surface area contributed by atoms with Crippen molar-refractivity contribution in [3.8, 4) is 0 Å². The molecule has 1 aliphatic rings. The molecule has 0 saturated heterocycles. The van der Waals surface area contributed by atoms with Crippen LogP contribution in [0.5, 0.6) is 0 Å². The number of nitrogens with one attached hydrogen (secondary N) is 2. The molecule has 152 valence electrons. The monoisotopic (exact) mass is 428 g/mol. The highest BCUT2D eigenvalue weighted by molar-refractivity contribution is 7.99. The zero-order valence-corrected chi connectivity index (χ0v) is 18.2. The number of aromatic amines is 1. The SMILES string of the molecule is CN(C)c1cccc(CNC(=O)CSCc2nc3sc4c(c3c(=O)[nH]2)CCC4)c1. The van der Waals surface area contributed by atoms with Gasteiger partial charge in [0.15, 0.2) is 0 Å². The van der Waals surface area contributed by atoms with Gasteiger partial charge >= 0.3 is 0 Å². The topological polar surface area (TPSA) is 78.1 Å². The lowest BCUT2D eigenvalue weighted by Crippen LogP contribution is -2.25. The molecule has 0 unspecified atom stereocenters. The molecule has 3 aromatic rings. The molecule has 1 amide bonds. The maximum atomic E-state index is 12.5. The number of hydrogen-bond donors (Lipinski definition) is 2. The van der Waals surface area contributed by atoms with Gasteiger partial charge in [0.05, 0.1) is 16.9 Å². The molecule has 2 aromatic heterocycles. The maximum Gasteiger partial charge on any atom is 0.259 e. The van der Waals surface area contributed by atoms with Crippen LogP contribution >= 0.6 is 23.1 Å². The van der Waals surface area contributed by atoms with E-state index >= 15 is 0 Å². The van der Waals surface area contributed by atoms with E-state index in [0.29, 0.717) is 23.9 Å². The largest absolute Gasteiger partial charge is 0.378 e. The minimum absolute atomic E-state index is 0.0243. The highest BCUT2D eigenvalue weighted by Gasteiger charge is 2.21. The Kier molecular flexibility index (Phi) is 5.91. The summed E-state index contributed by atoms with van der Waals surface area (Å²) in [5.41, 5.74) is 3.32. The lowest BCUT2D eigenvalue weighted by Gasteiger charge is -2.13. The van der Waals surface area contributed by atoms with Crippen LogP contribution in [0, 0.1) is 0 Å². The number of rotatable bonds is 7. The molecule has 1 aromatic carbocycles. The van der Waals surface area contributed by atoms with Crippen LogP contribution in [0.2, 0.25) is 0 Å². The maximum absolute atomic E-state index is 12.5. The smallest absolute Gasteiger partial charge is 0.259 e. The molecule has 0 aliphatic heterocycles. The Bertz CT molecular complexity index is 1100. The third-order valence-electron chi connectivity index (χ3n) is 5.01. The second-order valence-corrected chi connectivity index (χ2v) is 9.45. The van der Waals surface area contributed by atoms with Crippen LogP contribution in [0.3, 0.4) is 0 Å². The van der Waals surface area contributed by atoms with Gasteiger partial charge in [-0.1, -0.05) is 12.1 Å². The van der Waals surface area contributed by atoms with E-state index in [9.17, 15) is 9.59 Å². The summed E-state index contributed by atoms with van der Waals surface area (Å²) in [6, 6.07) is 8.09. The number of benzene rings is 1. The molecule has 6 nitrogen and oxygen atoms in total. The fourth-order valence-electron chi connectivity index (χ4n) is 3.55. The predicted molar refractivity (Wildman–Crippen MR) is 121 cm³/mol. The summed E-state index contributed by atoms with van der Waals surface area (Å²) in [6.45, 7) is 0.503. The molecule has 0 atom stereocenters. The van der Waals surface area contributed by atoms with Crippen molar-refractivity contribution in [2.75, 3.05) is 24.7 Å². The molecular formula is C21H24N4O2S2. The third-order valence-corrected chi connectivity index (χ3v) is 7.14. The van der Waals surface area contributed by atoms with Crippen molar-refractivity contribution >= 4 is 44.9 Å². The fourth-order valence-corrected chi connectivity index (χ4v) is 5.55. The molecule has 0 fully saturated rings. The Balaban J connectivity index is 1.30. The standard InChI is InChI=1S/C21H24N4O2S2/c1-25(2)14-6-3-5-13(9-14)10-22-18(26)12-28-11-17-23-20(27)19-15-7-4-8-16(15)29-21(19)24-17/h3,5-6,9H,4,7-8,10-12H2,1-2H3,(H,22,26)(H,23,24,27). The highest BCUT2D eigenvalue weighted by atomic mass is 32.2. The highest BCUT2D eigenvalue weighted by Crippen LogP contribution is 2.34. The van der Waals surface area contributed by atoms with E-state index in [0.717, 1.165) is 40.7 Å². The Hall–Kier alpha value is -2.32. The van der Waals surface area contributed by atoms with E-state index in [1.807, 2.05) is 37.2 Å². The van der Waals surface area contributed by atoms with Gasteiger partial charge in [0.25, 0.3) is 5.56 Å². The zero-order valence-electron chi connectivity index (χ0n) is 16.6. The van der Waals surface area contributed by atoms with E-state index in [4.69, 9.17) is 0 Å². The van der Waals surface area contributed by atoms with Gasteiger partial charge in [-0.05, 0) is 42.5 Å². The minimum atomic E-state index is -0.0461. The first-order chi connectivity index (χ1) is 14.0. The lowest BCUT2D eigenvalue weighted by molar-refractivity contribution is -0.118. The van der Waals surface area contributed by atoms with E-state index in [1.54, 1.807) is 11.3 Å². The molecule has 4 rings (SSSR count). The number of carbonyl (C=O) groups excluding carboxylic acids is 1. The summed E-state index contributed by atoms with van der Waals surface area (Å²) in [5.74, 6) is 1.45. The predicted octanol–water partition coefficient (Wildman–Crippen LogP) is 3.09. The molecule has 0 saturated carbocycles. The average molecular weight is 429 g/mol. The first kappa shape index (κ1) is 20.0. The van der Waals surface area contributed by atoms with Gasteiger partial charge < -0.3 is 15.2 Å². The number of carbonyl (C=O) groups is 1. The number of fused-ring (bicyclic) bond motifs is 3. The summed E-state index contributed by atoms with van der Waals surface area (Å²) in [6.07, 6.45) is 3.16. The van der Waals surface area contributed by atoms with Crippen molar-refractivity contribution in [2.24, 2.45) is 0 Å². The summed E-state index contributed by atoms with van der Waals surface area (Å²) in [5, 5.41) is 3.72. The number of H-pyrrole nitrogens is 1. The molecule has 1 aliphatic carbocycles. The van der Waals surface area contributed by atoms with E-state index in [2.05, 4.69) is 21.4 Å². The van der Waals surface area contributed by atoms with Gasteiger partial charge in [-0.2, -0.15) is 0 Å². The molecular weight excluding hydrogens is 404 g/mol. The van der Waals surface area contributed by atoms with Crippen molar-refractivity contribution in [3.05, 3.63) is 56.4 Å². The van der Waals surface area contributed by atoms with Crippen molar-refractivity contribution < 1.29 is 4.79 Å². The average Bonchev–Trinajstić information content (AvgIpc) is 3.27. The number of hydrogen-bond acceptors (Lipinski definition) is 6. The second-order valence-electron chi connectivity index (χ2n) is 7.38. The van der Waals surface area contributed by atoms with Crippen molar-refractivity contribution in [1.82, 2.24) is 15.3 Å². The molecule has 0 bridgehead atoms. The van der Waals surface area contributed by atoms with Gasteiger partial charge in [-0.25, -0.2) is 4.98 Å². The van der Waals surface area contributed by atoms with Gasteiger partial charge in [-0.3, -0.25) is 9.59 Å². The van der Waals surface area contributed by atoms with Gasteiger partial charge in [0.1, 0.15) is 10.7 Å². The van der Waals surface area contributed by atoms with Crippen molar-refractivity contribution in [2.45, 2.75) is 31.6 Å². The minimum Gasteiger partial charge on any atom is -0.378 e. The van der Waals surface area contributed by atoms with Crippen LogP contribution in [-0.4, -0.2) is 35.7 Å². The molecule has 8 heteroatoms. The number of aromatic nitrogens is 2. The van der Waals surface area contributed by atoms with Crippen molar-refractivity contribution in [1.29, 1.82) is 0 Å². The zero-order chi connectivity index (χ0) is 20.4. The molecule has 0 spiro atoms. The van der Waals surface area contributed by atoms with Crippen LogP contribution < -0.4 is 15.8 Å². The van der Waals surface area contributed by atoms with Crippen LogP contribution in [0.15, 0.2) is 29.1 Å². The van der Waals surface area contributed by atoms with Gasteiger partial charge in [0, 0.05) is 31.2 Å². The number of aryl methyl sites for hydroxylation is 2. The lowest BCUT2D eigenvalue weighted by atomic mass is 10.2. The summed E-state index contributed by atoms with van der Waals surface area (Å²) in [4.78, 5) is 36.3. The quantitative estimate of drug-likeness (QED) is 0.605. The summed E-state index contributed by atoms with van der Waals surface area (Å²) in [7, 11) is 3.99. The Morgan fingerprint density at radius 2 is 2.21 bits per heavy atom. The number of thioether (sulfide) groups is 1. The van der Waals surface area contributed by atoms with Gasteiger partial charge in [-0.15, -0.1) is 23.1 Å². The van der Waals surface area contributed by atoms with E-state index in [1.165, 1.54) is 22.2 Å². The summed E-state index contributed by atoms with van der Waals surface area (Å²) >= 11 is 3.10. The Morgan fingerprint density at radius 1 is 1.34 bits per heavy atom. The second kappa shape index (κ2) is 8.59. The number of amides is 1. The fraction of sp³-hybridized carbons (Fsp3) is 0.381. The molecule has 2 heterocycles. The molecule has 2 N–H and O–H groups in total. The first-order valence-electron chi connectivity index (χ1n) is 9.65. The number of thiophene rings is 1. The third kappa shape index (κ3) is 4.48. The molecule has 0 radical (unpaired) electrons. The Labute approximate surface area is 177 Å². The normalized spacial score (nSPS) is 12.9. The van der Waals surface area contributed by atoms with Crippen molar-refractivity contribution in [3.63, 3.8) is 0 Å². The van der Waals surface area contributed by atoms with Crippen LogP contribution in [0.4, 0.5) is 5.69 Å². The van der Waals surface area contributed by atoms with Crippen LogP contribution in [0.1, 0.15) is 28.2 Å².